The number of benzene rings is 1. The van der Waals surface area contributed by atoms with Crippen molar-refractivity contribution in [1.82, 2.24) is 10.3 Å². The van der Waals surface area contributed by atoms with Crippen molar-refractivity contribution in [1.29, 1.82) is 0 Å². The summed E-state index contributed by atoms with van der Waals surface area (Å²) in [5.74, 6) is 0.316. The first-order valence-electron chi connectivity index (χ1n) is 7.59. The molecule has 118 valence electrons. The number of rotatable bonds is 4. The largest absolute Gasteiger partial charge is 0.330 e. The van der Waals surface area contributed by atoms with Gasteiger partial charge in [0.1, 0.15) is 0 Å². The van der Waals surface area contributed by atoms with E-state index in [9.17, 15) is 4.79 Å². The lowest BCUT2D eigenvalue weighted by Crippen LogP contribution is -2.34. The second-order valence-corrected chi connectivity index (χ2v) is 6.72. The van der Waals surface area contributed by atoms with Gasteiger partial charge in [-0.25, -0.2) is 4.79 Å². The maximum Gasteiger partial charge on any atom is 0.319 e. The van der Waals surface area contributed by atoms with Gasteiger partial charge in [-0.05, 0) is 29.5 Å². The summed E-state index contributed by atoms with van der Waals surface area (Å²) in [6, 6.07) is 11.6. The van der Waals surface area contributed by atoms with E-state index in [2.05, 4.69) is 35.5 Å². The molecule has 1 aromatic carbocycles. The zero-order valence-corrected chi connectivity index (χ0v) is 13.9. The maximum atomic E-state index is 12.4. The maximum absolute atomic E-state index is 12.4. The van der Waals surface area contributed by atoms with Crippen LogP contribution in [-0.4, -0.2) is 11.0 Å². The zero-order valence-electron chi connectivity index (χ0n) is 13.1. The Morgan fingerprint density at radius 2 is 2.04 bits per heavy atom. The fourth-order valence-electron chi connectivity index (χ4n) is 2.57. The number of nitrogens with one attached hydrogen (secondary N) is 2. The first kappa shape index (κ1) is 15.5. The fourth-order valence-corrected chi connectivity index (χ4v) is 3.51. The Balaban J connectivity index is 1.78. The van der Waals surface area contributed by atoms with E-state index in [4.69, 9.17) is 0 Å². The third-order valence-electron chi connectivity index (χ3n) is 3.73. The topological polar surface area (TPSA) is 54.0 Å². The van der Waals surface area contributed by atoms with Crippen LogP contribution in [-0.2, 0) is 0 Å². The van der Waals surface area contributed by atoms with Crippen LogP contribution in [0.5, 0.6) is 0 Å². The molecule has 3 rings (SSSR count). The lowest BCUT2D eigenvalue weighted by atomic mass is 10.0. The molecule has 23 heavy (non-hydrogen) atoms. The Labute approximate surface area is 139 Å². The second-order valence-electron chi connectivity index (χ2n) is 5.74. The van der Waals surface area contributed by atoms with Gasteiger partial charge >= 0.3 is 6.03 Å². The first-order valence-corrected chi connectivity index (χ1v) is 8.47. The van der Waals surface area contributed by atoms with Crippen molar-refractivity contribution >= 4 is 33.8 Å². The van der Waals surface area contributed by atoms with Crippen LogP contribution in [0.15, 0.2) is 54.2 Å². The molecule has 2 amide bonds. The zero-order chi connectivity index (χ0) is 16.2. The Morgan fingerprint density at radius 1 is 1.17 bits per heavy atom. The molecule has 0 spiro atoms. The van der Waals surface area contributed by atoms with Gasteiger partial charge in [0.05, 0.1) is 11.7 Å². The highest BCUT2D eigenvalue weighted by atomic mass is 32.1. The molecule has 0 aliphatic heterocycles. The molecule has 0 saturated heterocycles. The molecule has 4 nitrogen and oxygen atoms in total. The highest BCUT2D eigenvalue weighted by Crippen LogP contribution is 2.26. The predicted octanol–water partition coefficient (Wildman–Crippen LogP) is 4.82. The van der Waals surface area contributed by atoms with Crippen molar-refractivity contribution in [2.24, 2.45) is 5.92 Å². The van der Waals surface area contributed by atoms with Crippen LogP contribution < -0.4 is 10.6 Å². The summed E-state index contributed by atoms with van der Waals surface area (Å²) in [4.78, 5) is 17.7. The number of hydrogen-bond donors (Lipinski definition) is 2. The number of aromatic nitrogens is 1. The van der Waals surface area contributed by atoms with Crippen LogP contribution in [0.25, 0.3) is 10.8 Å². The molecule has 0 aliphatic rings. The standard InChI is InChI=1S/C18H19N3OS/c1-12(2)17(16-7-4-10-23-16)21-18(22)20-15-6-3-5-13-11-19-9-8-14(13)15/h3-12,17H,1-2H3,(H2,20,21,22)/t17-/m1/s1. The van der Waals surface area contributed by atoms with Crippen LogP contribution in [0.2, 0.25) is 0 Å². The summed E-state index contributed by atoms with van der Waals surface area (Å²) < 4.78 is 0. The van der Waals surface area contributed by atoms with E-state index >= 15 is 0 Å². The number of carbonyl (C=O) groups is 1. The molecule has 3 aromatic rings. The van der Waals surface area contributed by atoms with Gasteiger partial charge in [-0.2, -0.15) is 0 Å². The van der Waals surface area contributed by atoms with Crippen molar-refractivity contribution in [3.8, 4) is 0 Å². The van der Waals surface area contributed by atoms with E-state index in [-0.39, 0.29) is 12.1 Å². The summed E-state index contributed by atoms with van der Waals surface area (Å²) in [6.45, 7) is 4.21. The van der Waals surface area contributed by atoms with E-state index < -0.39 is 0 Å². The molecular formula is C18H19N3OS. The smallest absolute Gasteiger partial charge is 0.319 e. The first-order chi connectivity index (χ1) is 11.1. The van der Waals surface area contributed by atoms with Crippen LogP contribution in [0, 0.1) is 5.92 Å². The molecule has 2 N–H and O–H groups in total. The molecule has 0 bridgehead atoms. The van der Waals surface area contributed by atoms with Gasteiger partial charge in [0.15, 0.2) is 0 Å². The molecule has 2 heterocycles. The average molecular weight is 325 g/mol. The average Bonchev–Trinajstić information content (AvgIpc) is 3.07. The Bertz CT molecular complexity index is 794. The fraction of sp³-hybridized carbons (Fsp3) is 0.222. The number of thiophene rings is 1. The Hall–Kier alpha value is -2.40. The van der Waals surface area contributed by atoms with Crippen LogP contribution in [0.1, 0.15) is 24.8 Å². The minimum absolute atomic E-state index is 0.00615. The SMILES string of the molecule is CC(C)[C@@H](NC(=O)Nc1cccc2cnccc12)c1cccs1. The Morgan fingerprint density at radius 3 is 2.78 bits per heavy atom. The van der Waals surface area contributed by atoms with Gasteiger partial charge in [-0.1, -0.05) is 32.0 Å². The number of urea groups is 1. The van der Waals surface area contributed by atoms with Crippen molar-refractivity contribution in [2.45, 2.75) is 19.9 Å². The molecule has 1 atom stereocenters. The van der Waals surface area contributed by atoms with Crippen molar-refractivity contribution in [2.75, 3.05) is 5.32 Å². The highest BCUT2D eigenvalue weighted by Gasteiger charge is 2.19. The third kappa shape index (κ3) is 3.51. The van der Waals surface area contributed by atoms with Gasteiger partial charge in [-0.15, -0.1) is 11.3 Å². The third-order valence-corrected chi connectivity index (χ3v) is 4.69. The summed E-state index contributed by atoms with van der Waals surface area (Å²) in [7, 11) is 0. The highest BCUT2D eigenvalue weighted by molar-refractivity contribution is 7.10. The lowest BCUT2D eigenvalue weighted by Gasteiger charge is -2.21. The predicted molar refractivity (Wildman–Crippen MR) is 95.8 cm³/mol. The number of anilines is 1. The molecular weight excluding hydrogens is 306 g/mol. The second kappa shape index (κ2) is 6.79. The van der Waals surface area contributed by atoms with Gasteiger partial charge in [-0.3, -0.25) is 4.98 Å². The minimum atomic E-state index is -0.193. The van der Waals surface area contributed by atoms with Crippen LogP contribution in [0.4, 0.5) is 10.5 Å². The van der Waals surface area contributed by atoms with E-state index in [0.29, 0.717) is 5.92 Å². The number of pyridine rings is 1. The van der Waals surface area contributed by atoms with Crippen LogP contribution >= 0.6 is 11.3 Å². The summed E-state index contributed by atoms with van der Waals surface area (Å²) in [6.07, 6.45) is 3.52. The van der Waals surface area contributed by atoms with Gasteiger partial charge in [0.2, 0.25) is 0 Å². The Kier molecular flexibility index (Phi) is 4.57. The van der Waals surface area contributed by atoms with Crippen molar-refractivity contribution in [3.63, 3.8) is 0 Å². The van der Waals surface area contributed by atoms with E-state index in [1.165, 1.54) is 0 Å². The van der Waals surface area contributed by atoms with E-state index in [1.807, 2.05) is 35.7 Å². The lowest BCUT2D eigenvalue weighted by molar-refractivity contribution is 0.245. The van der Waals surface area contributed by atoms with Gasteiger partial charge < -0.3 is 10.6 Å². The number of fused-ring (bicyclic) bond motifs is 1. The molecule has 0 saturated carbocycles. The summed E-state index contributed by atoms with van der Waals surface area (Å²) >= 11 is 1.66. The molecule has 0 fully saturated rings. The summed E-state index contributed by atoms with van der Waals surface area (Å²) in [5, 5.41) is 10.1. The number of amides is 2. The molecule has 0 aliphatic carbocycles. The minimum Gasteiger partial charge on any atom is -0.330 e. The molecule has 2 aromatic heterocycles. The number of nitrogens with zero attached hydrogens (tertiary/aromatic N) is 1. The monoisotopic (exact) mass is 325 g/mol. The van der Waals surface area contributed by atoms with Gasteiger partial charge in [0.25, 0.3) is 0 Å². The quantitative estimate of drug-likeness (QED) is 0.723. The normalized spacial score (nSPS) is 12.3. The van der Waals surface area contributed by atoms with Crippen molar-refractivity contribution < 1.29 is 4.79 Å². The van der Waals surface area contributed by atoms with Gasteiger partial charge in [0, 0.05) is 28.0 Å². The number of hydrogen-bond acceptors (Lipinski definition) is 3. The number of carbonyl (C=O) groups excluding carboxylic acids is 1. The molecule has 0 unspecified atom stereocenters. The van der Waals surface area contributed by atoms with Crippen molar-refractivity contribution in [3.05, 3.63) is 59.0 Å². The molecule has 5 heteroatoms. The van der Waals surface area contributed by atoms with E-state index in [1.54, 1.807) is 23.7 Å². The summed E-state index contributed by atoms with van der Waals surface area (Å²) in [5.41, 5.74) is 0.788. The van der Waals surface area contributed by atoms with Crippen LogP contribution in [0.3, 0.4) is 0 Å². The molecule has 0 radical (unpaired) electrons. The van der Waals surface area contributed by atoms with E-state index in [0.717, 1.165) is 21.3 Å².